The maximum Gasteiger partial charge on any atom is 0.274 e. The molecular formula is C29H27N3O4. The zero-order chi connectivity index (χ0) is 25.3. The molecule has 1 saturated carbocycles. The summed E-state index contributed by atoms with van der Waals surface area (Å²) in [5.74, 6) is -0.914. The maximum atomic E-state index is 12.8. The number of nitrogens with one attached hydrogen (secondary N) is 3. The molecule has 3 amide bonds. The first-order chi connectivity index (χ1) is 17.5. The molecule has 0 aliphatic heterocycles. The Hall–Kier alpha value is -4.49. The lowest BCUT2D eigenvalue weighted by atomic mass is 10.0. The SMILES string of the molecule is O=C(C=Cc1ccc(C=C(C(=O)NC2CC2)c2ccccc2)cc1)NCc1ccc(C(=O)NO)cc1. The van der Waals surface area contributed by atoms with Gasteiger partial charge in [0.05, 0.1) is 0 Å². The molecule has 4 N–H and O–H groups in total. The number of amides is 3. The van der Waals surface area contributed by atoms with E-state index in [1.54, 1.807) is 35.8 Å². The average Bonchev–Trinajstić information content (AvgIpc) is 3.74. The van der Waals surface area contributed by atoms with Gasteiger partial charge in [-0.25, -0.2) is 5.48 Å². The summed E-state index contributed by atoms with van der Waals surface area (Å²) in [6.45, 7) is 0.305. The number of rotatable bonds is 9. The fourth-order valence-corrected chi connectivity index (χ4v) is 3.52. The van der Waals surface area contributed by atoms with Crippen molar-refractivity contribution >= 4 is 35.4 Å². The number of carbonyl (C=O) groups is 3. The molecule has 1 fully saturated rings. The van der Waals surface area contributed by atoms with E-state index in [0.717, 1.165) is 35.1 Å². The van der Waals surface area contributed by atoms with Crippen molar-refractivity contribution in [2.45, 2.75) is 25.4 Å². The first-order valence-corrected chi connectivity index (χ1v) is 11.7. The second-order valence-corrected chi connectivity index (χ2v) is 8.53. The zero-order valence-corrected chi connectivity index (χ0v) is 19.6. The summed E-state index contributed by atoms with van der Waals surface area (Å²) >= 11 is 0. The third-order valence-corrected chi connectivity index (χ3v) is 5.70. The van der Waals surface area contributed by atoms with Crippen LogP contribution in [0, 0.1) is 0 Å². The van der Waals surface area contributed by atoms with Crippen LogP contribution in [0.5, 0.6) is 0 Å². The van der Waals surface area contributed by atoms with E-state index in [2.05, 4.69) is 10.6 Å². The van der Waals surface area contributed by atoms with Crippen molar-refractivity contribution in [1.29, 1.82) is 0 Å². The predicted octanol–water partition coefficient (Wildman–Crippen LogP) is 3.95. The highest BCUT2D eigenvalue weighted by Crippen LogP contribution is 2.23. The molecule has 0 radical (unpaired) electrons. The molecule has 0 aromatic heterocycles. The minimum atomic E-state index is -0.590. The first-order valence-electron chi connectivity index (χ1n) is 11.7. The highest BCUT2D eigenvalue weighted by atomic mass is 16.5. The van der Waals surface area contributed by atoms with Crippen LogP contribution in [-0.4, -0.2) is 29.0 Å². The molecule has 0 atom stereocenters. The minimum Gasteiger partial charge on any atom is -0.349 e. The monoisotopic (exact) mass is 481 g/mol. The summed E-state index contributed by atoms with van der Waals surface area (Å²) in [5.41, 5.74) is 5.95. The number of carbonyl (C=O) groups excluding carboxylic acids is 3. The van der Waals surface area contributed by atoms with E-state index in [1.165, 1.54) is 6.08 Å². The van der Waals surface area contributed by atoms with Crippen LogP contribution in [0.25, 0.3) is 17.7 Å². The van der Waals surface area contributed by atoms with E-state index in [1.807, 2.05) is 60.7 Å². The molecule has 0 saturated heterocycles. The van der Waals surface area contributed by atoms with Gasteiger partial charge in [0.25, 0.3) is 11.8 Å². The molecule has 3 aromatic rings. The van der Waals surface area contributed by atoms with Crippen molar-refractivity contribution in [2.24, 2.45) is 0 Å². The molecule has 0 bridgehead atoms. The van der Waals surface area contributed by atoms with Gasteiger partial charge in [-0.05, 0) is 59.4 Å². The van der Waals surface area contributed by atoms with Gasteiger partial charge in [0, 0.05) is 29.8 Å². The molecular weight excluding hydrogens is 454 g/mol. The zero-order valence-electron chi connectivity index (χ0n) is 19.6. The van der Waals surface area contributed by atoms with E-state index < -0.39 is 5.91 Å². The smallest absolute Gasteiger partial charge is 0.274 e. The Morgan fingerprint density at radius 3 is 2.14 bits per heavy atom. The lowest BCUT2D eigenvalue weighted by Gasteiger charge is -2.09. The number of benzene rings is 3. The molecule has 7 heteroatoms. The van der Waals surface area contributed by atoms with Gasteiger partial charge in [0.2, 0.25) is 5.91 Å². The van der Waals surface area contributed by atoms with Gasteiger partial charge in [-0.3, -0.25) is 19.6 Å². The Morgan fingerprint density at radius 2 is 1.50 bits per heavy atom. The molecule has 1 aliphatic rings. The lowest BCUT2D eigenvalue weighted by Crippen LogP contribution is -2.26. The van der Waals surface area contributed by atoms with Gasteiger partial charge in [0.1, 0.15) is 0 Å². The van der Waals surface area contributed by atoms with Gasteiger partial charge < -0.3 is 10.6 Å². The van der Waals surface area contributed by atoms with Crippen LogP contribution in [0.2, 0.25) is 0 Å². The Balaban J connectivity index is 1.36. The van der Waals surface area contributed by atoms with Crippen LogP contribution < -0.4 is 16.1 Å². The minimum absolute atomic E-state index is 0.0735. The normalized spacial score (nSPS) is 13.3. The molecule has 4 rings (SSSR count). The average molecular weight is 482 g/mol. The molecule has 0 heterocycles. The third-order valence-electron chi connectivity index (χ3n) is 5.70. The molecule has 0 unspecified atom stereocenters. The van der Waals surface area contributed by atoms with Crippen molar-refractivity contribution in [1.82, 2.24) is 16.1 Å². The number of hydrogen-bond acceptors (Lipinski definition) is 4. The van der Waals surface area contributed by atoms with E-state index in [0.29, 0.717) is 17.7 Å². The van der Waals surface area contributed by atoms with Crippen LogP contribution in [0.3, 0.4) is 0 Å². The van der Waals surface area contributed by atoms with Crippen LogP contribution in [-0.2, 0) is 16.1 Å². The third kappa shape index (κ3) is 7.01. The number of hydroxylamine groups is 1. The standard InChI is InChI=1S/C29H27N3O4/c33-27(30-19-22-10-13-24(14-11-22)28(34)32-36)17-12-20-6-8-21(9-7-20)18-26(23-4-2-1-3-5-23)29(35)31-25-15-16-25/h1-14,17-18,25,36H,15-16,19H2,(H,30,33)(H,31,35)(H,32,34). The van der Waals surface area contributed by atoms with E-state index in [9.17, 15) is 14.4 Å². The van der Waals surface area contributed by atoms with Crippen LogP contribution >= 0.6 is 0 Å². The summed E-state index contributed by atoms with van der Waals surface area (Å²) in [7, 11) is 0. The second kappa shape index (κ2) is 11.8. The summed E-state index contributed by atoms with van der Waals surface area (Å²) < 4.78 is 0. The van der Waals surface area contributed by atoms with E-state index >= 15 is 0 Å². The maximum absolute atomic E-state index is 12.8. The summed E-state index contributed by atoms with van der Waals surface area (Å²) in [4.78, 5) is 36.4. The largest absolute Gasteiger partial charge is 0.349 e. The predicted molar refractivity (Wildman–Crippen MR) is 138 cm³/mol. The van der Waals surface area contributed by atoms with Gasteiger partial charge in [0.15, 0.2) is 0 Å². The van der Waals surface area contributed by atoms with Gasteiger partial charge in [-0.2, -0.15) is 0 Å². The van der Waals surface area contributed by atoms with E-state index in [-0.39, 0.29) is 17.9 Å². The quantitative estimate of drug-likeness (QED) is 0.161. The van der Waals surface area contributed by atoms with Crippen molar-refractivity contribution < 1.29 is 19.6 Å². The Labute approximate surface area is 209 Å². The van der Waals surface area contributed by atoms with E-state index in [4.69, 9.17) is 5.21 Å². The second-order valence-electron chi connectivity index (χ2n) is 8.53. The van der Waals surface area contributed by atoms with Crippen LogP contribution in [0.15, 0.2) is 84.9 Å². The highest BCUT2D eigenvalue weighted by molar-refractivity contribution is 6.24. The van der Waals surface area contributed by atoms with Crippen molar-refractivity contribution in [3.8, 4) is 0 Å². The molecule has 1 aliphatic carbocycles. The molecule has 0 spiro atoms. The van der Waals surface area contributed by atoms with Crippen molar-refractivity contribution in [2.75, 3.05) is 0 Å². The lowest BCUT2D eigenvalue weighted by molar-refractivity contribution is -0.117. The topological polar surface area (TPSA) is 108 Å². The molecule has 7 nitrogen and oxygen atoms in total. The summed E-state index contributed by atoms with van der Waals surface area (Å²) in [6, 6.07) is 24.0. The van der Waals surface area contributed by atoms with Gasteiger partial charge in [-0.15, -0.1) is 0 Å². The van der Waals surface area contributed by atoms with Gasteiger partial charge >= 0.3 is 0 Å². The van der Waals surface area contributed by atoms with Gasteiger partial charge in [-0.1, -0.05) is 66.7 Å². The Kier molecular flexibility index (Phi) is 8.05. The van der Waals surface area contributed by atoms with Crippen molar-refractivity contribution in [3.63, 3.8) is 0 Å². The summed E-state index contributed by atoms with van der Waals surface area (Å²) in [6.07, 6.45) is 7.10. The Bertz CT molecular complexity index is 1280. The Morgan fingerprint density at radius 1 is 0.833 bits per heavy atom. The fourth-order valence-electron chi connectivity index (χ4n) is 3.52. The fraction of sp³-hybridized carbons (Fsp3) is 0.138. The van der Waals surface area contributed by atoms with Crippen LogP contribution in [0.1, 0.15) is 45.5 Å². The molecule has 182 valence electrons. The van der Waals surface area contributed by atoms with Crippen LogP contribution in [0.4, 0.5) is 0 Å². The number of hydrogen-bond donors (Lipinski definition) is 4. The highest BCUT2D eigenvalue weighted by Gasteiger charge is 2.25. The summed E-state index contributed by atoms with van der Waals surface area (Å²) in [5, 5.41) is 14.5. The molecule has 3 aromatic carbocycles. The molecule has 36 heavy (non-hydrogen) atoms. The first kappa shape index (κ1) is 24.6. The van der Waals surface area contributed by atoms with Crippen molar-refractivity contribution in [3.05, 3.63) is 113 Å².